The molecule has 3 heterocycles. The number of furan rings is 1. The fourth-order valence-electron chi connectivity index (χ4n) is 7.95. The summed E-state index contributed by atoms with van der Waals surface area (Å²) in [6.07, 6.45) is 0. The summed E-state index contributed by atoms with van der Waals surface area (Å²) in [4.78, 5) is 17.8. The van der Waals surface area contributed by atoms with Gasteiger partial charge in [0.05, 0.1) is 11.0 Å². The van der Waals surface area contributed by atoms with E-state index in [9.17, 15) is 0 Å². The van der Waals surface area contributed by atoms with E-state index in [1.54, 1.807) is 0 Å². The monoisotopic (exact) mass is 731 g/mol. The molecule has 57 heavy (non-hydrogen) atoms. The summed E-state index contributed by atoms with van der Waals surface area (Å²) < 4.78 is 8.59. The van der Waals surface area contributed by atoms with Gasteiger partial charge >= 0.3 is 0 Å². The van der Waals surface area contributed by atoms with Crippen molar-refractivity contribution >= 4 is 60.8 Å². The molecule has 0 saturated heterocycles. The molecule has 0 bridgehead atoms. The van der Waals surface area contributed by atoms with Crippen LogP contribution < -0.4 is 4.90 Å². The standard InChI is InChI=1S/C51H33N5O/c1-5-15-34(16-6-1)37-25-28-41-42-29-26-39(55(38-21-11-4-12-22-38)40-27-30-44-43-23-13-14-24-47(43)57-48(44)33-40)32-46(42)56(45(41)31-37)51-53-49(35-17-7-2-8-18-35)52-50(54-51)36-19-9-3-10-20-36/h1-33H. The van der Waals surface area contributed by atoms with Gasteiger partial charge in [0.1, 0.15) is 11.2 Å². The summed E-state index contributed by atoms with van der Waals surface area (Å²) in [6, 6.07) is 69.2. The van der Waals surface area contributed by atoms with E-state index in [-0.39, 0.29) is 0 Å². The van der Waals surface area contributed by atoms with Gasteiger partial charge in [-0.25, -0.2) is 4.98 Å². The molecule has 0 unspecified atom stereocenters. The third-order valence-electron chi connectivity index (χ3n) is 10.6. The summed E-state index contributed by atoms with van der Waals surface area (Å²) in [5, 5.41) is 4.39. The molecule has 0 saturated carbocycles. The second-order valence-corrected chi connectivity index (χ2v) is 14.1. The number of anilines is 3. The van der Waals surface area contributed by atoms with Gasteiger partial charge in [0, 0.05) is 55.8 Å². The van der Waals surface area contributed by atoms with Crippen LogP contribution in [-0.2, 0) is 0 Å². The van der Waals surface area contributed by atoms with Crippen LogP contribution in [0.25, 0.3) is 83.6 Å². The Balaban J connectivity index is 1.18. The zero-order valence-corrected chi connectivity index (χ0v) is 30.7. The fourth-order valence-corrected chi connectivity index (χ4v) is 7.95. The number of aromatic nitrogens is 4. The quantitative estimate of drug-likeness (QED) is 0.163. The van der Waals surface area contributed by atoms with Crippen LogP contribution in [-0.4, -0.2) is 19.5 Å². The molecule has 268 valence electrons. The molecule has 0 amide bonds. The Bertz CT molecular complexity index is 3170. The van der Waals surface area contributed by atoms with E-state index in [0.29, 0.717) is 17.6 Å². The lowest BCUT2D eigenvalue weighted by molar-refractivity contribution is 0.669. The number of para-hydroxylation sites is 2. The van der Waals surface area contributed by atoms with Gasteiger partial charge in [0.15, 0.2) is 11.6 Å². The molecule has 0 aliphatic carbocycles. The summed E-state index contributed by atoms with van der Waals surface area (Å²) in [7, 11) is 0. The van der Waals surface area contributed by atoms with Crippen molar-refractivity contribution in [3.8, 4) is 39.9 Å². The van der Waals surface area contributed by atoms with Crippen molar-refractivity contribution in [1.29, 1.82) is 0 Å². The van der Waals surface area contributed by atoms with Crippen molar-refractivity contribution in [3.05, 3.63) is 200 Å². The van der Waals surface area contributed by atoms with Crippen LogP contribution in [0.4, 0.5) is 17.1 Å². The van der Waals surface area contributed by atoms with E-state index in [0.717, 1.165) is 83.1 Å². The molecule has 0 radical (unpaired) electrons. The van der Waals surface area contributed by atoms with Crippen molar-refractivity contribution in [2.24, 2.45) is 0 Å². The smallest absolute Gasteiger partial charge is 0.238 e. The first kappa shape index (κ1) is 32.6. The van der Waals surface area contributed by atoms with Crippen molar-refractivity contribution in [1.82, 2.24) is 19.5 Å². The number of rotatable bonds is 7. The lowest BCUT2D eigenvalue weighted by Crippen LogP contribution is -2.10. The molecular weight excluding hydrogens is 699 g/mol. The van der Waals surface area contributed by atoms with Crippen LogP contribution in [0.15, 0.2) is 205 Å². The van der Waals surface area contributed by atoms with Gasteiger partial charge in [-0.15, -0.1) is 0 Å². The minimum absolute atomic E-state index is 0.542. The van der Waals surface area contributed by atoms with Crippen LogP contribution in [0.2, 0.25) is 0 Å². The van der Waals surface area contributed by atoms with E-state index in [2.05, 4.69) is 125 Å². The maximum Gasteiger partial charge on any atom is 0.238 e. The molecule has 11 rings (SSSR count). The zero-order chi connectivity index (χ0) is 37.7. The number of hydrogen-bond acceptors (Lipinski definition) is 5. The van der Waals surface area contributed by atoms with Crippen LogP contribution in [0.3, 0.4) is 0 Å². The molecule has 11 aromatic rings. The van der Waals surface area contributed by atoms with Crippen LogP contribution in [0.5, 0.6) is 0 Å². The van der Waals surface area contributed by atoms with Gasteiger partial charge in [-0.1, -0.05) is 146 Å². The van der Waals surface area contributed by atoms with E-state index in [4.69, 9.17) is 19.4 Å². The Morgan fingerprint density at radius 2 is 0.860 bits per heavy atom. The molecule has 8 aromatic carbocycles. The number of nitrogens with zero attached hydrogens (tertiary/aromatic N) is 5. The molecule has 0 N–H and O–H groups in total. The normalized spacial score (nSPS) is 11.5. The first-order valence-corrected chi connectivity index (χ1v) is 19.0. The average Bonchev–Trinajstić information content (AvgIpc) is 3.82. The minimum Gasteiger partial charge on any atom is -0.456 e. The SMILES string of the molecule is c1ccc(-c2ccc3c4ccc(N(c5ccccc5)c5ccc6c(c5)oc5ccccc56)cc4n(-c4nc(-c5ccccc5)nc(-c5ccccc5)n4)c3c2)cc1. The van der Waals surface area contributed by atoms with E-state index in [1.807, 2.05) is 84.9 Å². The van der Waals surface area contributed by atoms with Gasteiger partial charge in [-0.05, 0) is 59.7 Å². The Labute approximate surface area is 328 Å². The Morgan fingerprint density at radius 3 is 1.53 bits per heavy atom. The summed E-state index contributed by atoms with van der Waals surface area (Å²) in [5.41, 5.74) is 10.8. The van der Waals surface area contributed by atoms with Crippen LogP contribution >= 0.6 is 0 Å². The molecule has 3 aromatic heterocycles. The summed E-state index contributed by atoms with van der Waals surface area (Å²) >= 11 is 0. The molecular formula is C51H33N5O. The number of benzene rings is 8. The zero-order valence-electron chi connectivity index (χ0n) is 30.7. The van der Waals surface area contributed by atoms with Gasteiger partial charge in [0.2, 0.25) is 5.95 Å². The lowest BCUT2D eigenvalue weighted by atomic mass is 10.0. The van der Waals surface area contributed by atoms with Gasteiger partial charge in [-0.3, -0.25) is 4.57 Å². The predicted molar refractivity (Wildman–Crippen MR) is 232 cm³/mol. The highest BCUT2D eigenvalue weighted by Crippen LogP contribution is 2.42. The van der Waals surface area contributed by atoms with Crippen molar-refractivity contribution < 1.29 is 4.42 Å². The van der Waals surface area contributed by atoms with Gasteiger partial charge in [-0.2, -0.15) is 9.97 Å². The molecule has 6 heteroatoms. The number of fused-ring (bicyclic) bond motifs is 6. The highest BCUT2D eigenvalue weighted by Gasteiger charge is 2.22. The Hall–Kier alpha value is -7.83. The first-order valence-electron chi connectivity index (χ1n) is 19.0. The first-order chi connectivity index (χ1) is 28.2. The molecule has 0 aliphatic rings. The minimum atomic E-state index is 0.542. The molecule has 0 spiro atoms. The second-order valence-electron chi connectivity index (χ2n) is 14.1. The highest BCUT2D eigenvalue weighted by atomic mass is 16.3. The van der Waals surface area contributed by atoms with E-state index < -0.39 is 0 Å². The topological polar surface area (TPSA) is 60.0 Å². The Kier molecular flexibility index (Phi) is 7.71. The van der Waals surface area contributed by atoms with E-state index in [1.165, 1.54) is 0 Å². The average molecular weight is 732 g/mol. The third kappa shape index (κ3) is 5.70. The maximum atomic E-state index is 6.39. The predicted octanol–water partition coefficient (Wildman–Crippen LogP) is 13.3. The van der Waals surface area contributed by atoms with Gasteiger partial charge in [0.25, 0.3) is 0 Å². The van der Waals surface area contributed by atoms with Crippen LogP contribution in [0, 0.1) is 0 Å². The highest BCUT2D eigenvalue weighted by molar-refractivity contribution is 6.11. The lowest BCUT2D eigenvalue weighted by Gasteiger charge is -2.25. The Morgan fingerprint density at radius 1 is 0.351 bits per heavy atom. The van der Waals surface area contributed by atoms with Gasteiger partial charge < -0.3 is 9.32 Å². The third-order valence-corrected chi connectivity index (χ3v) is 10.6. The summed E-state index contributed by atoms with van der Waals surface area (Å²) in [5.74, 6) is 1.75. The summed E-state index contributed by atoms with van der Waals surface area (Å²) in [6.45, 7) is 0. The van der Waals surface area contributed by atoms with Crippen molar-refractivity contribution in [2.75, 3.05) is 4.90 Å². The van der Waals surface area contributed by atoms with E-state index >= 15 is 0 Å². The molecule has 0 atom stereocenters. The largest absolute Gasteiger partial charge is 0.456 e. The molecule has 0 aliphatic heterocycles. The van der Waals surface area contributed by atoms with Crippen LogP contribution in [0.1, 0.15) is 0 Å². The second kappa shape index (κ2) is 13.5. The fraction of sp³-hybridized carbons (Fsp3) is 0. The maximum absolute atomic E-state index is 6.39. The molecule has 6 nitrogen and oxygen atoms in total. The molecule has 0 fully saturated rings. The number of hydrogen-bond donors (Lipinski definition) is 0. The van der Waals surface area contributed by atoms with Crippen molar-refractivity contribution in [3.63, 3.8) is 0 Å². The van der Waals surface area contributed by atoms with Crippen molar-refractivity contribution in [2.45, 2.75) is 0 Å².